The molecular weight excluding hydrogens is 344 g/mol. The van der Waals surface area contributed by atoms with Gasteiger partial charge in [0.25, 0.3) is 0 Å². The number of pyridine rings is 1. The van der Waals surface area contributed by atoms with Crippen LogP contribution in [0.2, 0.25) is 5.02 Å². The van der Waals surface area contributed by atoms with E-state index < -0.39 is 0 Å². The van der Waals surface area contributed by atoms with Crippen molar-refractivity contribution in [3.05, 3.63) is 101 Å². The Morgan fingerprint density at radius 2 is 1.58 bits per heavy atom. The van der Waals surface area contributed by atoms with Crippen LogP contribution in [0.3, 0.4) is 0 Å². The Hall–Kier alpha value is -3.04. The van der Waals surface area contributed by atoms with Crippen molar-refractivity contribution in [1.29, 1.82) is 0 Å². The molecule has 1 atom stereocenters. The molecule has 0 bridgehead atoms. The number of aromatic hydroxyl groups is 1. The second kappa shape index (κ2) is 7.06. The minimum Gasteiger partial charge on any atom is -0.505 e. The minimum atomic E-state index is -0.262. The molecule has 1 heterocycles. The van der Waals surface area contributed by atoms with Gasteiger partial charge in [0.1, 0.15) is 11.3 Å². The fraction of sp³-hybridized carbons (Fsp3) is 0.0455. The highest BCUT2D eigenvalue weighted by Gasteiger charge is 2.21. The lowest BCUT2D eigenvalue weighted by atomic mass is 9.96. The van der Waals surface area contributed by atoms with E-state index in [4.69, 9.17) is 11.6 Å². The van der Waals surface area contributed by atoms with Crippen LogP contribution in [-0.4, -0.2) is 10.1 Å². The van der Waals surface area contributed by atoms with Gasteiger partial charge in [0.2, 0.25) is 0 Å². The van der Waals surface area contributed by atoms with Crippen LogP contribution in [0, 0.1) is 0 Å². The van der Waals surface area contributed by atoms with Crippen LogP contribution in [0.5, 0.6) is 5.75 Å². The molecule has 0 aliphatic heterocycles. The summed E-state index contributed by atoms with van der Waals surface area (Å²) in [5.74, 6) is 0.141. The maximum absolute atomic E-state index is 10.9. The summed E-state index contributed by atoms with van der Waals surface area (Å²) in [6, 6.07) is 25.1. The number of fused-ring (bicyclic) bond motifs is 1. The normalized spacial score (nSPS) is 12.0. The van der Waals surface area contributed by atoms with Gasteiger partial charge in [-0.2, -0.15) is 0 Å². The average Bonchev–Trinajstić information content (AvgIpc) is 2.71. The highest BCUT2D eigenvalue weighted by molar-refractivity contribution is 6.35. The first-order chi connectivity index (χ1) is 12.7. The van der Waals surface area contributed by atoms with Gasteiger partial charge in [0.15, 0.2) is 0 Å². The van der Waals surface area contributed by atoms with Gasteiger partial charge >= 0.3 is 0 Å². The molecule has 128 valence electrons. The Labute approximate surface area is 156 Å². The van der Waals surface area contributed by atoms with E-state index in [0.717, 1.165) is 16.6 Å². The van der Waals surface area contributed by atoms with Crippen molar-refractivity contribution < 1.29 is 5.11 Å². The van der Waals surface area contributed by atoms with Crippen LogP contribution in [0.25, 0.3) is 10.9 Å². The molecule has 0 aliphatic carbocycles. The fourth-order valence-electron chi connectivity index (χ4n) is 3.11. The summed E-state index contributed by atoms with van der Waals surface area (Å²) in [6.45, 7) is 0. The molecule has 0 radical (unpaired) electrons. The first kappa shape index (κ1) is 16.4. The van der Waals surface area contributed by atoms with Crippen LogP contribution >= 0.6 is 11.6 Å². The summed E-state index contributed by atoms with van der Waals surface area (Å²) in [5, 5.41) is 15.7. The first-order valence-corrected chi connectivity index (χ1v) is 8.74. The van der Waals surface area contributed by atoms with Crippen molar-refractivity contribution in [3.63, 3.8) is 0 Å². The standard InChI is InChI=1S/C22H17ClN2O/c23-19-14-18(22(26)21-17(19)12-7-13-24-21)20(15-8-3-1-4-9-15)25-16-10-5-2-6-11-16/h1-14,20,25-26H. The zero-order valence-corrected chi connectivity index (χ0v) is 14.7. The second-order valence-corrected chi connectivity index (χ2v) is 6.46. The zero-order chi connectivity index (χ0) is 17.9. The molecule has 0 fully saturated rings. The molecule has 3 nitrogen and oxygen atoms in total. The van der Waals surface area contributed by atoms with Gasteiger partial charge in [-0.25, -0.2) is 0 Å². The van der Waals surface area contributed by atoms with Gasteiger partial charge in [-0.3, -0.25) is 4.98 Å². The number of nitrogens with one attached hydrogen (secondary N) is 1. The van der Waals surface area contributed by atoms with Gasteiger partial charge in [-0.05, 0) is 35.9 Å². The number of rotatable bonds is 4. The molecular formula is C22H17ClN2O. The van der Waals surface area contributed by atoms with Gasteiger partial charge in [-0.1, -0.05) is 60.1 Å². The van der Waals surface area contributed by atoms with Crippen molar-refractivity contribution >= 4 is 28.2 Å². The van der Waals surface area contributed by atoms with Gasteiger partial charge in [-0.15, -0.1) is 0 Å². The minimum absolute atomic E-state index is 0.141. The van der Waals surface area contributed by atoms with Crippen LogP contribution < -0.4 is 5.32 Å². The van der Waals surface area contributed by atoms with Crippen molar-refractivity contribution in [2.75, 3.05) is 5.32 Å². The van der Waals surface area contributed by atoms with Crippen LogP contribution in [0.4, 0.5) is 5.69 Å². The summed E-state index contributed by atoms with van der Waals surface area (Å²) in [6.07, 6.45) is 1.66. The second-order valence-electron chi connectivity index (χ2n) is 6.05. The number of benzene rings is 3. The summed E-state index contributed by atoms with van der Waals surface area (Å²) in [5.41, 5.74) is 3.18. The number of phenols is 1. The highest BCUT2D eigenvalue weighted by Crippen LogP contribution is 2.39. The predicted molar refractivity (Wildman–Crippen MR) is 107 cm³/mol. The van der Waals surface area contributed by atoms with E-state index >= 15 is 0 Å². The molecule has 1 aromatic heterocycles. The Morgan fingerprint density at radius 1 is 0.885 bits per heavy atom. The van der Waals surface area contributed by atoms with Crippen LogP contribution in [0.1, 0.15) is 17.2 Å². The van der Waals surface area contributed by atoms with Crippen LogP contribution in [0.15, 0.2) is 85.1 Å². The van der Waals surface area contributed by atoms with Crippen molar-refractivity contribution in [3.8, 4) is 5.75 Å². The van der Waals surface area contributed by atoms with E-state index in [1.54, 1.807) is 6.20 Å². The van der Waals surface area contributed by atoms with E-state index in [9.17, 15) is 5.11 Å². The molecule has 0 saturated carbocycles. The molecule has 0 aliphatic rings. The van der Waals surface area contributed by atoms with Gasteiger partial charge in [0.05, 0.1) is 11.1 Å². The summed E-state index contributed by atoms with van der Waals surface area (Å²) in [4.78, 5) is 4.32. The Kier molecular flexibility index (Phi) is 4.46. The quantitative estimate of drug-likeness (QED) is 0.483. The van der Waals surface area contributed by atoms with Crippen molar-refractivity contribution in [2.24, 2.45) is 0 Å². The Morgan fingerprint density at radius 3 is 2.31 bits per heavy atom. The molecule has 3 aromatic carbocycles. The number of aromatic nitrogens is 1. The molecule has 1 unspecified atom stereocenters. The van der Waals surface area contributed by atoms with Gasteiger partial charge in [0, 0.05) is 22.8 Å². The lowest BCUT2D eigenvalue weighted by Crippen LogP contribution is -2.13. The third-order valence-electron chi connectivity index (χ3n) is 4.37. The summed E-state index contributed by atoms with van der Waals surface area (Å²) < 4.78 is 0. The Balaban J connectivity index is 1.89. The number of nitrogens with zero attached hydrogens (tertiary/aromatic N) is 1. The SMILES string of the molecule is Oc1c(C(Nc2ccccc2)c2ccccc2)cc(Cl)c2cccnc12. The first-order valence-electron chi connectivity index (χ1n) is 8.36. The third-order valence-corrected chi connectivity index (χ3v) is 4.69. The molecule has 2 N–H and O–H groups in total. The third kappa shape index (κ3) is 3.09. The van der Waals surface area contributed by atoms with E-state index in [1.165, 1.54) is 0 Å². The summed E-state index contributed by atoms with van der Waals surface area (Å²) >= 11 is 6.49. The lowest BCUT2D eigenvalue weighted by molar-refractivity contribution is 0.472. The molecule has 4 rings (SSSR count). The number of hydrogen-bond acceptors (Lipinski definition) is 3. The number of para-hydroxylation sites is 1. The average molecular weight is 361 g/mol. The molecule has 4 heteroatoms. The Bertz CT molecular complexity index is 1040. The highest BCUT2D eigenvalue weighted by atomic mass is 35.5. The topological polar surface area (TPSA) is 45.1 Å². The van der Waals surface area contributed by atoms with Crippen molar-refractivity contribution in [2.45, 2.75) is 6.04 Å². The number of anilines is 1. The van der Waals surface area contributed by atoms with E-state index in [1.807, 2.05) is 78.9 Å². The van der Waals surface area contributed by atoms with Crippen LogP contribution in [-0.2, 0) is 0 Å². The van der Waals surface area contributed by atoms with Crippen molar-refractivity contribution in [1.82, 2.24) is 4.98 Å². The fourth-order valence-corrected chi connectivity index (χ4v) is 3.38. The summed E-state index contributed by atoms with van der Waals surface area (Å²) in [7, 11) is 0. The molecule has 0 saturated heterocycles. The van der Waals surface area contributed by atoms with E-state index in [0.29, 0.717) is 16.1 Å². The zero-order valence-electron chi connectivity index (χ0n) is 13.9. The number of phenolic OH excluding ortho intramolecular Hbond substituents is 1. The number of halogens is 1. The molecule has 4 aromatic rings. The molecule has 0 amide bonds. The van der Waals surface area contributed by atoms with E-state index in [-0.39, 0.29) is 11.8 Å². The largest absolute Gasteiger partial charge is 0.505 e. The maximum Gasteiger partial charge on any atom is 0.147 e. The smallest absolute Gasteiger partial charge is 0.147 e. The lowest BCUT2D eigenvalue weighted by Gasteiger charge is -2.23. The molecule has 26 heavy (non-hydrogen) atoms. The van der Waals surface area contributed by atoms with Gasteiger partial charge < -0.3 is 10.4 Å². The monoisotopic (exact) mass is 360 g/mol. The van der Waals surface area contributed by atoms with E-state index in [2.05, 4.69) is 10.3 Å². The maximum atomic E-state index is 10.9. The number of hydrogen-bond donors (Lipinski definition) is 2. The predicted octanol–water partition coefficient (Wildman–Crippen LogP) is 5.80. The molecule has 0 spiro atoms.